The first-order valence-corrected chi connectivity index (χ1v) is 34.2. The summed E-state index contributed by atoms with van der Waals surface area (Å²) in [4.78, 5) is 14.0. The lowest BCUT2D eigenvalue weighted by atomic mass is 9.95. The van der Waals surface area contributed by atoms with Crippen LogP contribution in [0.1, 0.15) is 57.0 Å². The van der Waals surface area contributed by atoms with E-state index in [2.05, 4.69) is 0 Å². The zero-order valence-corrected chi connectivity index (χ0v) is 56.1. The van der Waals surface area contributed by atoms with Gasteiger partial charge in [-0.2, -0.15) is 0 Å². The third kappa shape index (κ3) is 21.0. The summed E-state index contributed by atoms with van der Waals surface area (Å²) in [5.41, 5.74) is 7.99. The molecule has 0 amide bonds. The number of carbonyl (C=O) groups is 1. The van der Waals surface area contributed by atoms with Gasteiger partial charge in [0.25, 0.3) is 0 Å². The van der Waals surface area contributed by atoms with Crippen molar-refractivity contribution >= 4 is 5.97 Å². The Morgan fingerprint density at radius 3 is 0.780 bits per heavy atom. The van der Waals surface area contributed by atoms with Crippen LogP contribution in [0.25, 0.3) is 0 Å². The average Bonchev–Trinajstić information content (AvgIpc) is 0.761. The maximum atomic E-state index is 14.0. The molecule has 0 radical (unpaired) electrons. The highest BCUT2D eigenvalue weighted by molar-refractivity contribution is 5.66. The van der Waals surface area contributed by atoms with Crippen LogP contribution in [0.4, 0.5) is 0 Å². The van der Waals surface area contributed by atoms with Crippen molar-refractivity contribution in [3.63, 3.8) is 0 Å². The minimum absolute atomic E-state index is 0.00199. The zero-order valence-electron chi connectivity index (χ0n) is 56.1. The van der Waals surface area contributed by atoms with Crippen LogP contribution >= 0.6 is 0 Å². The highest BCUT2D eigenvalue weighted by Gasteiger charge is 2.58. The highest BCUT2D eigenvalue weighted by Crippen LogP contribution is 2.40. The molecule has 0 aliphatic carbocycles. The predicted molar refractivity (Wildman–Crippen MR) is 372 cm³/mol. The molecule has 15 atom stereocenters. The molecule has 9 aromatic rings. The predicted octanol–water partition coefficient (Wildman–Crippen LogP) is 13.0. The summed E-state index contributed by atoms with van der Waals surface area (Å²) in [6.07, 6.45) is -18.0. The van der Waals surface area contributed by atoms with Crippen LogP contribution in [0.5, 0.6) is 0 Å². The first-order chi connectivity index (χ1) is 49.3. The van der Waals surface area contributed by atoms with Crippen molar-refractivity contribution in [3.05, 3.63) is 323 Å². The molecule has 9 aromatic carbocycles. The van der Waals surface area contributed by atoms with E-state index in [-0.39, 0.29) is 79.3 Å². The van der Waals surface area contributed by atoms with E-state index in [1.807, 2.05) is 273 Å². The molecule has 3 saturated heterocycles. The Kier molecular flexibility index (Phi) is 27.3. The van der Waals surface area contributed by atoms with Crippen LogP contribution in [-0.4, -0.2) is 123 Å². The molecule has 3 heterocycles. The number of hydrogen-bond donors (Lipinski definition) is 1. The summed E-state index contributed by atoms with van der Waals surface area (Å²) in [7, 11) is 0. The fourth-order valence-corrected chi connectivity index (χ4v) is 12.6. The molecular weight excluding hydrogens is 1270 g/mol. The van der Waals surface area contributed by atoms with Gasteiger partial charge in [0.2, 0.25) is 0 Å². The Bertz CT molecular complexity index is 3730. The summed E-state index contributed by atoms with van der Waals surface area (Å²) in [6, 6.07) is 88.0. The number of hydrogen-bond acceptors (Lipinski definition) is 17. The van der Waals surface area contributed by atoms with E-state index >= 15 is 0 Å². The van der Waals surface area contributed by atoms with Crippen LogP contribution in [0, 0.1) is 0 Å². The van der Waals surface area contributed by atoms with Crippen molar-refractivity contribution in [1.82, 2.24) is 0 Å². The molecule has 12 rings (SSSR count). The van der Waals surface area contributed by atoms with Crippen molar-refractivity contribution in [1.29, 1.82) is 0 Å². The SMILES string of the molecule is CC(=O)O[C@@H]1[C@H](O[C@@H]2[C@@H](O[C@H]3[C@@H](OCc4ccccc4)[C@H](OCc4ccccc4)[C@@H](COCc4ccccc4)O[C@@H]3O)O[C@H](COCc3ccccc3)[C@@H](OCc3ccccc3)[C@@H]2OCc2ccccc2)O[C@H](COCc2ccccc2)[C@@H](OCc2ccccc2)[C@@H]1OCc1ccccc1. The van der Waals surface area contributed by atoms with Gasteiger partial charge in [-0.15, -0.1) is 0 Å². The summed E-state index contributed by atoms with van der Waals surface area (Å²) in [6.45, 7) is 2.55. The first-order valence-electron chi connectivity index (χ1n) is 34.2. The highest BCUT2D eigenvalue weighted by atomic mass is 16.8. The Labute approximate surface area is 585 Å². The van der Waals surface area contributed by atoms with E-state index in [0.29, 0.717) is 0 Å². The van der Waals surface area contributed by atoms with E-state index < -0.39 is 98.1 Å². The van der Waals surface area contributed by atoms with Crippen molar-refractivity contribution in [2.75, 3.05) is 19.8 Å². The fraction of sp³-hybridized carbons (Fsp3) is 0.337. The summed E-state index contributed by atoms with van der Waals surface area (Å²) in [5, 5.41) is 12.9. The van der Waals surface area contributed by atoms with Gasteiger partial charge in [0.05, 0.1) is 79.3 Å². The van der Waals surface area contributed by atoms with Gasteiger partial charge in [-0.1, -0.05) is 273 Å². The second-order valence-electron chi connectivity index (χ2n) is 25.0. The lowest BCUT2D eigenvalue weighted by Crippen LogP contribution is -2.68. The van der Waals surface area contributed by atoms with Crippen LogP contribution < -0.4 is 0 Å². The fourth-order valence-electron chi connectivity index (χ4n) is 12.6. The van der Waals surface area contributed by atoms with Crippen LogP contribution in [0.15, 0.2) is 273 Å². The van der Waals surface area contributed by atoms with Crippen molar-refractivity contribution in [3.8, 4) is 0 Å². The average molecular weight is 1360 g/mol. The number of aliphatic hydroxyl groups is 1. The molecule has 3 aliphatic rings. The van der Waals surface area contributed by atoms with Crippen molar-refractivity contribution in [2.45, 2.75) is 159 Å². The molecule has 0 saturated carbocycles. The van der Waals surface area contributed by atoms with Gasteiger partial charge in [0.15, 0.2) is 25.0 Å². The Morgan fingerprint density at radius 1 is 0.280 bits per heavy atom. The van der Waals surface area contributed by atoms with Crippen molar-refractivity contribution < 1.29 is 81.0 Å². The number of rotatable bonds is 35. The number of benzene rings is 9. The van der Waals surface area contributed by atoms with Crippen LogP contribution in [0.2, 0.25) is 0 Å². The quantitative estimate of drug-likeness (QED) is 0.0371. The van der Waals surface area contributed by atoms with E-state index in [9.17, 15) is 9.90 Å². The van der Waals surface area contributed by atoms with Gasteiger partial charge in [0.1, 0.15) is 67.1 Å². The maximum absolute atomic E-state index is 14.0. The number of carbonyl (C=O) groups excluding carboxylic acids is 1. The Morgan fingerprint density at radius 2 is 0.500 bits per heavy atom. The molecule has 522 valence electrons. The lowest BCUT2D eigenvalue weighted by molar-refractivity contribution is -0.402. The smallest absolute Gasteiger partial charge is 0.303 e. The summed E-state index contributed by atoms with van der Waals surface area (Å²) < 4.78 is 105. The first kappa shape index (κ1) is 71.7. The van der Waals surface area contributed by atoms with E-state index in [1.165, 1.54) is 6.92 Å². The third-order valence-corrected chi connectivity index (χ3v) is 17.6. The molecule has 3 aliphatic heterocycles. The third-order valence-electron chi connectivity index (χ3n) is 17.6. The Balaban J connectivity index is 0.975. The minimum Gasteiger partial charge on any atom is -0.454 e. The number of ether oxygens (including phenoxy) is 15. The molecule has 1 N–H and O–H groups in total. The van der Waals surface area contributed by atoms with Gasteiger partial charge >= 0.3 is 5.97 Å². The molecule has 3 fully saturated rings. The molecule has 17 nitrogen and oxygen atoms in total. The second kappa shape index (κ2) is 38.0. The van der Waals surface area contributed by atoms with E-state index in [4.69, 9.17) is 71.1 Å². The molecule has 17 heteroatoms. The van der Waals surface area contributed by atoms with Crippen LogP contribution in [0.3, 0.4) is 0 Å². The second-order valence-corrected chi connectivity index (χ2v) is 25.0. The van der Waals surface area contributed by atoms with Gasteiger partial charge in [-0.05, 0) is 50.1 Å². The Hall–Kier alpha value is -8.15. The molecule has 100 heavy (non-hydrogen) atoms. The summed E-state index contributed by atoms with van der Waals surface area (Å²) >= 11 is 0. The summed E-state index contributed by atoms with van der Waals surface area (Å²) in [5.74, 6) is -0.648. The van der Waals surface area contributed by atoms with E-state index in [1.54, 1.807) is 0 Å². The van der Waals surface area contributed by atoms with Gasteiger partial charge in [0, 0.05) is 6.92 Å². The molecular formula is C83H88O17. The minimum atomic E-state index is -1.71. The van der Waals surface area contributed by atoms with Gasteiger partial charge < -0.3 is 76.2 Å². The topological polar surface area (TPSA) is 176 Å². The molecule has 0 spiro atoms. The largest absolute Gasteiger partial charge is 0.454 e. The van der Waals surface area contributed by atoms with Crippen molar-refractivity contribution in [2.24, 2.45) is 0 Å². The normalized spacial score (nSPS) is 25.2. The molecule has 0 bridgehead atoms. The van der Waals surface area contributed by atoms with Crippen LogP contribution in [-0.2, 0) is 135 Å². The number of aliphatic hydroxyl groups excluding tert-OH is 1. The standard InChI is InChI=1S/C83H88O17/c1-59(84)95-79-76(93-54-67-43-25-9-26-44-67)73(90-51-64-37-19-6-20-38-64)70(57-87-48-61-31-13-3-14-32-61)97-82(79)100-80-77(94-55-68-45-27-10-28-46-68)74(91-52-65-39-21-7-22-40-65)71(58-88-49-62-33-15-4-16-34-62)98-83(80)99-78-75(92-53-66-41-23-8-24-42-66)72(89-50-63-35-17-5-18-36-63)69(96-81(78)85)56-86-47-60-29-11-2-12-30-60/h2-46,69-83,85H,47-58H2,1H3/t69-,70-,71-,72-,73-,74-,75+,76+,77+,78+,79+,80+,81+,82+,83-/m1/s1. The van der Waals surface area contributed by atoms with E-state index in [0.717, 1.165) is 50.1 Å². The van der Waals surface area contributed by atoms with Gasteiger partial charge in [-0.3, -0.25) is 4.79 Å². The molecule has 0 aromatic heterocycles. The lowest BCUT2D eigenvalue weighted by Gasteiger charge is -2.51. The number of esters is 1. The zero-order chi connectivity index (χ0) is 68.3. The molecule has 0 unspecified atom stereocenters. The van der Waals surface area contributed by atoms with Gasteiger partial charge in [-0.25, -0.2) is 0 Å². The monoisotopic (exact) mass is 1360 g/mol. The maximum Gasteiger partial charge on any atom is 0.303 e.